The van der Waals surface area contributed by atoms with E-state index in [4.69, 9.17) is 0 Å². The summed E-state index contributed by atoms with van der Waals surface area (Å²) in [6, 6.07) is 0. The molecule has 0 aromatic carbocycles. The standard InChI is InChI=1S/C7H10O2/c1-5(6(2)8)7(3)9-4/h1,3H2,2,4H3. The number of carbonyl (C=O) groups is 1. The van der Waals surface area contributed by atoms with E-state index in [2.05, 4.69) is 17.9 Å². The van der Waals surface area contributed by atoms with Crippen molar-refractivity contribution in [1.29, 1.82) is 0 Å². The molecule has 0 aliphatic rings. The summed E-state index contributed by atoms with van der Waals surface area (Å²) in [7, 11) is 1.45. The molecule has 0 aliphatic carbocycles. The van der Waals surface area contributed by atoms with Gasteiger partial charge < -0.3 is 4.74 Å². The lowest BCUT2D eigenvalue weighted by molar-refractivity contribution is -0.113. The fourth-order valence-corrected chi connectivity index (χ4v) is 0.320. The summed E-state index contributed by atoms with van der Waals surface area (Å²) in [4.78, 5) is 10.5. The summed E-state index contributed by atoms with van der Waals surface area (Å²) in [5.41, 5.74) is 0.331. The zero-order valence-electron chi connectivity index (χ0n) is 5.73. The minimum Gasteiger partial charge on any atom is -0.497 e. The molecule has 0 saturated carbocycles. The minimum absolute atomic E-state index is 0.109. The predicted octanol–water partition coefficient (Wildman–Crippen LogP) is 1.29. The van der Waals surface area contributed by atoms with Gasteiger partial charge in [-0.25, -0.2) is 0 Å². The van der Waals surface area contributed by atoms with Crippen LogP contribution in [-0.4, -0.2) is 12.9 Å². The second-order valence-corrected chi connectivity index (χ2v) is 1.66. The first-order valence-electron chi connectivity index (χ1n) is 2.52. The van der Waals surface area contributed by atoms with E-state index in [9.17, 15) is 4.79 Å². The molecule has 50 valence electrons. The van der Waals surface area contributed by atoms with Crippen molar-refractivity contribution >= 4 is 5.78 Å². The SMILES string of the molecule is C=C(OC)C(=C)C(C)=O. The van der Waals surface area contributed by atoms with Crippen LogP contribution in [0, 0.1) is 0 Å². The first kappa shape index (κ1) is 7.95. The first-order chi connectivity index (χ1) is 4.09. The molecule has 0 N–H and O–H groups in total. The Balaban J connectivity index is 4.05. The minimum atomic E-state index is -0.109. The number of Topliss-reactive ketones (excluding diaryl/α,β-unsaturated/α-hetero) is 1. The maximum Gasteiger partial charge on any atom is 0.162 e. The second kappa shape index (κ2) is 3.07. The number of hydrogen-bond donors (Lipinski definition) is 0. The summed E-state index contributed by atoms with van der Waals surface area (Å²) < 4.78 is 4.66. The lowest BCUT2D eigenvalue weighted by Gasteiger charge is -2.01. The molecule has 0 spiro atoms. The molecule has 0 aromatic rings. The van der Waals surface area contributed by atoms with Gasteiger partial charge in [0.2, 0.25) is 0 Å². The van der Waals surface area contributed by atoms with Gasteiger partial charge in [0, 0.05) is 0 Å². The lowest BCUT2D eigenvalue weighted by Crippen LogP contribution is -1.98. The van der Waals surface area contributed by atoms with E-state index in [0.29, 0.717) is 11.3 Å². The third-order valence-corrected chi connectivity index (χ3v) is 1.01. The topological polar surface area (TPSA) is 26.3 Å². The van der Waals surface area contributed by atoms with Crippen LogP contribution in [0.1, 0.15) is 6.92 Å². The highest BCUT2D eigenvalue weighted by Crippen LogP contribution is 2.04. The van der Waals surface area contributed by atoms with Crippen LogP contribution in [0.5, 0.6) is 0 Å². The van der Waals surface area contributed by atoms with Gasteiger partial charge >= 0.3 is 0 Å². The van der Waals surface area contributed by atoms with Crippen LogP contribution in [-0.2, 0) is 9.53 Å². The van der Waals surface area contributed by atoms with E-state index in [0.717, 1.165) is 0 Å². The highest BCUT2D eigenvalue weighted by atomic mass is 16.5. The number of ketones is 1. The number of methoxy groups -OCH3 is 1. The van der Waals surface area contributed by atoms with Crippen molar-refractivity contribution < 1.29 is 9.53 Å². The zero-order chi connectivity index (χ0) is 7.44. The Bertz CT molecular complexity index is 156. The summed E-state index contributed by atoms with van der Waals surface area (Å²) in [5.74, 6) is 0.226. The van der Waals surface area contributed by atoms with Crippen LogP contribution in [0.3, 0.4) is 0 Å². The van der Waals surface area contributed by atoms with E-state index in [1.165, 1.54) is 14.0 Å². The summed E-state index contributed by atoms with van der Waals surface area (Å²) in [5, 5.41) is 0. The van der Waals surface area contributed by atoms with Crippen molar-refractivity contribution in [2.24, 2.45) is 0 Å². The van der Waals surface area contributed by atoms with Gasteiger partial charge in [-0.3, -0.25) is 4.79 Å². The fraction of sp³-hybridized carbons (Fsp3) is 0.286. The molecule has 9 heavy (non-hydrogen) atoms. The molecule has 0 unspecified atom stereocenters. The average molecular weight is 126 g/mol. The van der Waals surface area contributed by atoms with Crippen molar-refractivity contribution in [1.82, 2.24) is 0 Å². The van der Waals surface area contributed by atoms with Gasteiger partial charge in [0.1, 0.15) is 5.76 Å². The molecular weight excluding hydrogens is 116 g/mol. The van der Waals surface area contributed by atoms with Crippen molar-refractivity contribution in [3.8, 4) is 0 Å². The molecular formula is C7H10O2. The van der Waals surface area contributed by atoms with E-state index < -0.39 is 0 Å². The van der Waals surface area contributed by atoms with Gasteiger partial charge in [-0.05, 0) is 6.92 Å². The van der Waals surface area contributed by atoms with Crippen LogP contribution in [0.2, 0.25) is 0 Å². The quantitative estimate of drug-likeness (QED) is 0.323. The van der Waals surface area contributed by atoms with E-state index >= 15 is 0 Å². The summed E-state index contributed by atoms with van der Waals surface area (Å²) in [6.45, 7) is 8.33. The summed E-state index contributed by atoms with van der Waals surface area (Å²) in [6.07, 6.45) is 0. The van der Waals surface area contributed by atoms with Crippen LogP contribution >= 0.6 is 0 Å². The molecule has 2 nitrogen and oxygen atoms in total. The molecule has 0 bridgehead atoms. The molecule has 0 rings (SSSR count). The summed E-state index contributed by atoms with van der Waals surface area (Å²) >= 11 is 0. The van der Waals surface area contributed by atoms with Gasteiger partial charge in [-0.15, -0.1) is 0 Å². The van der Waals surface area contributed by atoms with Crippen molar-refractivity contribution in [3.05, 3.63) is 24.5 Å². The monoisotopic (exact) mass is 126 g/mol. The van der Waals surface area contributed by atoms with Crippen LogP contribution in [0.4, 0.5) is 0 Å². The van der Waals surface area contributed by atoms with Crippen LogP contribution in [0.25, 0.3) is 0 Å². The highest BCUT2D eigenvalue weighted by molar-refractivity contribution is 5.96. The van der Waals surface area contributed by atoms with Crippen molar-refractivity contribution in [3.63, 3.8) is 0 Å². The number of allylic oxidation sites excluding steroid dienone is 1. The molecule has 0 amide bonds. The maximum atomic E-state index is 10.5. The van der Waals surface area contributed by atoms with Gasteiger partial charge in [-0.1, -0.05) is 13.2 Å². The molecule has 0 heterocycles. The second-order valence-electron chi connectivity index (χ2n) is 1.66. The van der Waals surface area contributed by atoms with Crippen molar-refractivity contribution in [2.75, 3.05) is 7.11 Å². The van der Waals surface area contributed by atoms with E-state index in [1.54, 1.807) is 0 Å². The molecule has 0 atom stereocenters. The Hall–Kier alpha value is -1.05. The molecule has 2 heteroatoms. The van der Waals surface area contributed by atoms with Crippen LogP contribution in [0.15, 0.2) is 24.5 Å². The Kier molecular flexibility index (Phi) is 2.71. The molecule has 0 saturated heterocycles. The Labute approximate surface area is 54.8 Å². The first-order valence-corrected chi connectivity index (χ1v) is 2.52. The lowest BCUT2D eigenvalue weighted by atomic mass is 10.2. The number of rotatable bonds is 3. The normalized spacial score (nSPS) is 8.22. The number of carbonyl (C=O) groups excluding carboxylic acids is 1. The molecule has 0 aliphatic heterocycles. The fourth-order valence-electron chi connectivity index (χ4n) is 0.320. The van der Waals surface area contributed by atoms with Crippen molar-refractivity contribution in [2.45, 2.75) is 6.92 Å². The van der Waals surface area contributed by atoms with E-state index in [-0.39, 0.29) is 5.78 Å². The average Bonchev–Trinajstić information content (AvgIpc) is 1.84. The third kappa shape index (κ3) is 2.13. The van der Waals surface area contributed by atoms with Gasteiger partial charge in [0.15, 0.2) is 5.78 Å². The Morgan fingerprint density at radius 3 is 2.00 bits per heavy atom. The molecule has 0 fully saturated rings. The highest BCUT2D eigenvalue weighted by Gasteiger charge is 2.03. The maximum absolute atomic E-state index is 10.5. The van der Waals surface area contributed by atoms with Gasteiger partial charge in [0.05, 0.1) is 12.7 Å². The molecule has 0 aromatic heterocycles. The van der Waals surface area contributed by atoms with Gasteiger partial charge in [0.25, 0.3) is 0 Å². The largest absolute Gasteiger partial charge is 0.497 e. The smallest absolute Gasteiger partial charge is 0.162 e. The predicted molar refractivity (Wildman–Crippen MR) is 36.0 cm³/mol. The number of ether oxygens (including phenoxy) is 1. The molecule has 0 radical (unpaired) electrons. The van der Waals surface area contributed by atoms with Crippen LogP contribution < -0.4 is 0 Å². The Morgan fingerprint density at radius 1 is 1.44 bits per heavy atom. The number of hydrogen-bond acceptors (Lipinski definition) is 2. The van der Waals surface area contributed by atoms with Gasteiger partial charge in [-0.2, -0.15) is 0 Å². The zero-order valence-corrected chi connectivity index (χ0v) is 5.73. The third-order valence-electron chi connectivity index (χ3n) is 1.01. The van der Waals surface area contributed by atoms with E-state index in [1.807, 2.05) is 0 Å². The Morgan fingerprint density at radius 2 is 1.89 bits per heavy atom.